The molecule has 0 saturated carbocycles. The SMILES string of the molecule is Cc1ccccc1NC(=O)C(=O)N1CCN(c2cccc(Cl)c2)CC1. The molecule has 1 N–H and O–H groups in total. The molecule has 25 heavy (non-hydrogen) atoms. The van der Waals surface area contributed by atoms with Gasteiger partial charge in [-0.3, -0.25) is 9.59 Å². The first-order chi connectivity index (χ1) is 12.0. The lowest BCUT2D eigenvalue weighted by Crippen LogP contribution is -2.51. The maximum Gasteiger partial charge on any atom is 0.313 e. The summed E-state index contributed by atoms with van der Waals surface area (Å²) >= 11 is 6.03. The zero-order valence-electron chi connectivity index (χ0n) is 14.0. The van der Waals surface area contributed by atoms with Crippen molar-refractivity contribution in [3.05, 3.63) is 59.1 Å². The number of amides is 2. The van der Waals surface area contributed by atoms with Gasteiger partial charge < -0.3 is 15.1 Å². The number of nitrogens with one attached hydrogen (secondary N) is 1. The summed E-state index contributed by atoms with van der Waals surface area (Å²) in [5, 5.41) is 3.38. The van der Waals surface area contributed by atoms with Crippen molar-refractivity contribution < 1.29 is 9.59 Å². The lowest BCUT2D eigenvalue weighted by molar-refractivity contribution is -0.143. The molecule has 1 heterocycles. The van der Waals surface area contributed by atoms with Crippen molar-refractivity contribution in [3.63, 3.8) is 0 Å². The fourth-order valence-electron chi connectivity index (χ4n) is 2.87. The van der Waals surface area contributed by atoms with Crippen LogP contribution in [0, 0.1) is 6.92 Å². The van der Waals surface area contributed by atoms with Gasteiger partial charge in [-0.1, -0.05) is 35.9 Å². The maximum absolute atomic E-state index is 12.4. The van der Waals surface area contributed by atoms with E-state index < -0.39 is 11.8 Å². The van der Waals surface area contributed by atoms with Gasteiger partial charge in [0, 0.05) is 42.6 Å². The topological polar surface area (TPSA) is 52.7 Å². The molecule has 1 saturated heterocycles. The van der Waals surface area contributed by atoms with Crippen LogP contribution in [0.1, 0.15) is 5.56 Å². The highest BCUT2D eigenvalue weighted by Crippen LogP contribution is 2.21. The Bertz CT molecular complexity index is 786. The number of rotatable bonds is 2. The van der Waals surface area contributed by atoms with Crippen LogP contribution in [0.2, 0.25) is 5.02 Å². The average Bonchev–Trinajstić information content (AvgIpc) is 2.63. The standard InChI is InChI=1S/C19H20ClN3O2/c1-14-5-2-3-8-17(14)21-18(24)19(25)23-11-9-22(10-12-23)16-7-4-6-15(20)13-16/h2-8,13H,9-12H2,1H3,(H,21,24). The summed E-state index contributed by atoms with van der Waals surface area (Å²) < 4.78 is 0. The number of nitrogens with zero attached hydrogens (tertiary/aromatic N) is 2. The Morgan fingerprint density at radius 1 is 1.00 bits per heavy atom. The number of carbonyl (C=O) groups excluding carboxylic acids is 2. The van der Waals surface area contributed by atoms with Crippen LogP contribution < -0.4 is 10.2 Å². The summed E-state index contributed by atoms with van der Waals surface area (Å²) in [5.41, 5.74) is 2.62. The summed E-state index contributed by atoms with van der Waals surface area (Å²) in [6, 6.07) is 15.0. The smallest absolute Gasteiger partial charge is 0.313 e. The molecule has 0 bridgehead atoms. The molecule has 2 aromatic carbocycles. The molecule has 0 unspecified atom stereocenters. The first-order valence-electron chi connectivity index (χ1n) is 8.21. The Kier molecular flexibility index (Phi) is 5.24. The average molecular weight is 358 g/mol. The molecular weight excluding hydrogens is 338 g/mol. The van der Waals surface area contributed by atoms with Crippen LogP contribution in [0.5, 0.6) is 0 Å². The minimum Gasteiger partial charge on any atom is -0.368 e. The van der Waals surface area contributed by atoms with Gasteiger partial charge in [-0.25, -0.2) is 0 Å². The Labute approximate surface area is 152 Å². The van der Waals surface area contributed by atoms with Crippen LogP contribution in [-0.4, -0.2) is 42.9 Å². The number of aryl methyl sites for hydroxylation is 1. The van der Waals surface area contributed by atoms with E-state index in [0.717, 1.165) is 11.3 Å². The van der Waals surface area contributed by atoms with Crippen LogP contribution in [0.15, 0.2) is 48.5 Å². The van der Waals surface area contributed by atoms with Gasteiger partial charge >= 0.3 is 11.8 Å². The summed E-state index contributed by atoms with van der Waals surface area (Å²) in [5.74, 6) is -1.08. The predicted molar refractivity (Wildman–Crippen MR) is 100 cm³/mol. The molecule has 1 aliphatic rings. The van der Waals surface area contributed by atoms with Gasteiger partial charge in [-0.15, -0.1) is 0 Å². The Morgan fingerprint density at radius 3 is 2.40 bits per heavy atom. The number of hydrogen-bond donors (Lipinski definition) is 1. The summed E-state index contributed by atoms with van der Waals surface area (Å²) in [6.07, 6.45) is 0. The minimum atomic E-state index is -0.592. The molecular formula is C19H20ClN3O2. The Balaban J connectivity index is 1.58. The molecule has 1 aliphatic heterocycles. The number of hydrogen-bond acceptors (Lipinski definition) is 3. The molecule has 0 radical (unpaired) electrons. The normalized spacial score (nSPS) is 14.3. The largest absolute Gasteiger partial charge is 0.368 e. The van der Waals surface area contributed by atoms with Crippen molar-refractivity contribution in [3.8, 4) is 0 Å². The molecule has 0 atom stereocenters. The van der Waals surface area contributed by atoms with E-state index in [1.165, 1.54) is 0 Å². The lowest BCUT2D eigenvalue weighted by atomic mass is 10.2. The van der Waals surface area contributed by atoms with Gasteiger partial charge in [0.25, 0.3) is 0 Å². The third-order valence-electron chi connectivity index (χ3n) is 4.33. The van der Waals surface area contributed by atoms with Crippen LogP contribution in [0.4, 0.5) is 11.4 Å². The zero-order chi connectivity index (χ0) is 17.8. The zero-order valence-corrected chi connectivity index (χ0v) is 14.8. The van der Waals surface area contributed by atoms with E-state index in [1.54, 1.807) is 11.0 Å². The van der Waals surface area contributed by atoms with Crippen molar-refractivity contribution in [1.82, 2.24) is 4.90 Å². The fourth-order valence-corrected chi connectivity index (χ4v) is 3.06. The minimum absolute atomic E-state index is 0.492. The first kappa shape index (κ1) is 17.3. The highest BCUT2D eigenvalue weighted by molar-refractivity contribution is 6.39. The van der Waals surface area contributed by atoms with E-state index in [9.17, 15) is 9.59 Å². The van der Waals surface area contributed by atoms with Crippen LogP contribution in [-0.2, 0) is 9.59 Å². The third-order valence-corrected chi connectivity index (χ3v) is 4.56. The molecule has 130 valence electrons. The van der Waals surface area contributed by atoms with Gasteiger partial charge in [0.05, 0.1) is 0 Å². The summed E-state index contributed by atoms with van der Waals surface area (Å²) in [6.45, 7) is 4.25. The van der Waals surface area contributed by atoms with Gasteiger partial charge in [-0.05, 0) is 36.8 Å². The Hall–Kier alpha value is -2.53. The maximum atomic E-state index is 12.4. The second-order valence-corrected chi connectivity index (χ2v) is 6.46. The number of halogens is 1. The van der Waals surface area contributed by atoms with Crippen molar-refractivity contribution in [2.45, 2.75) is 6.92 Å². The molecule has 2 amide bonds. The first-order valence-corrected chi connectivity index (χ1v) is 8.59. The Morgan fingerprint density at radius 2 is 1.72 bits per heavy atom. The molecule has 2 aromatic rings. The second-order valence-electron chi connectivity index (χ2n) is 6.03. The third kappa shape index (κ3) is 4.12. The molecule has 0 aromatic heterocycles. The number of anilines is 2. The fraction of sp³-hybridized carbons (Fsp3) is 0.263. The van der Waals surface area contributed by atoms with Crippen LogP contribution in [0.25, 0.3) is 0 Å². The molecule has 0 spiro atoms. The van der Waals surface area contributed by atoms with Crippen molar-refractivity contribution in [2.24, 2.45) is 0 Å². The lowest BCUT2D eigenvalue weighted by Gasteiger charge is -2.35. The van der Waals surface area contributed by atoms with Crippen LogP contribution in [0.3, 0.4) is 0 Å². The highest BCUT2D eigenvalue weighted by Gasteiger charge is 2.26. The second kappa shape index (κ2) is 7.57. The van der Waals surface area contributed by atoms with Gasteiger partial charge in [0.2, 0.25) is 0 Å². The summed E-state index contributed by atoms with van der Waals surface area (Å²) in [7, 11) is 0. The van der Waals surface area contributed by atoms with E-state index in [0.29, 0.717) is 36.9 Å². The molecule has 1 fully saturated rings. The quantitative estimate of drug-likeness (QED) is 0.841. The molecule has 3 rings (SSSR count). The molecule has 5 nitrogen and oxygen atoms in total. The number of benzene rings is 2. The predicted octanol–water partition coefficient (Wildman–Crippen LogP) is 2.94. The van der Waals surface area contributed by atoms with E-state index in [2.05, 4.69) is 10.2 Å². The van der Waals surface area contributed by atoms with E-state index >= 15 is 0 Å². The number of para-hydroxylation sites is 1. The van der Waals surface area contributed by atoms with Crippen molar-refractivity contribution in [2.75, 3.05) is 36.4 Å². The molecule has 6 heteroatoms. The van der Waals surface area contributed by atoms with Gasteiger partial charge in [-0.2, -0.15) is 0 Å². The van der Waals surface area contributed by atoms with Crippen molar-refractivity contribution >= 4 is 34.8 Å². The monoisotopic (exact) mass is 357 g/mol. The van der Waals surface area contributed by atoms with Gasteiger partial charge in [0.1, 0.15) is 0 Å². The molecule has 0 aliphatic carbocycles. The van der Waals surface area contributed by atoms with Crippen molar-refractivity contribution in [1.29, 1.82) is 0 Å². The van der Waals surface area contributed by atoms with E-state index in [-0.39, 0.29) is 0 Å². The number of piperazine rings is 1. The van der Waals surface area contributed by atoms with E-state index in [1.807, 2.05) is 49.4 Å². The number of carbonyl (C=O) groups is 2. The van der Waals surface area contributed by atoms with Crippen LogP contribution >= 0.6 is 11.6 Å². The van der Waals surface area contributed by atoms with Gasteiger partial charge in [0.15, 0.2) is 0 Å². The highest BCUT2D eigenvalue weighted by atomic mass is 35.5. The summed E-state index contributed by atoms with van der Waals surface area (Å²) in [4.78, 5) is 28.4. The van der Waals surface area contributed by atoms with E-state index in [4.69, 9.17) is 11.6 Å².